The molecule has 0 spiro atoms. The minimum atomic E-state index is -0.165. The molecule has 118 valence electrons. The number of carbonyl (C=O) groups excluding carboxylic acids is 1. The van der Waals surface area contributed by atoms with Crippen LogP contribution in [0.4, 0.5) is 0 Å². The Kier molecular flexibility index (Phi) is 6.75. The second kappa shape index (κ2) is 9.08. The fourth-order valence-electron chi connectivity index (χ4n) is 2.04. The molecule has 1 aromatic rings. The second-order valence-corrected chi connectivity index (χ2v) is 5.12. The molecule has 0 aliphatic carbocycles. The zero-order chi connectivity index (χ0) is 15.6. The maximum atomic E-state index is 11.6. The number of hydrogen-bond donors (Lipinski definition) is 1. The predicted octanol–water partition coefficient (Wildman–Crippen LogP) is 0.826. The van der Waals surface area contributed by atoms with Gasteiger partial charge in [-0.05, 0) is 24.6 Å². The summed E-state index contributed by atoms with van der Waals surface area (Å²) in [5.41, 5.74) is 1.10. The number of aryl methyl sites for hydroxylation is 1. The maximum Gasteiger partial charge on any atom is 0.258 e. The number of nitrogens with one attached hydrogen (secondary N) is 1. The van der Waals surface area contributed by atoms with Crippen molar-refractivity contribution in [3.63, 3.8) is 0 Å². The Balaban J connectivity index is 1.59. The number of hydrogen-bond acceptors (Lipinski definition) is 4. The van der Waals surface area contributed by atoms with Gasteiger partial charge in [0.1, 0.15) is 5.75 Å². The fraction of sp³-hybridized carbons (Fsp3) is 0.471. The Hall–Kier alpha value is -2.03. The van der Waals surface area contributed by atoms with Gasteiger partial charge in [0.15, 0.2) is 6.61 Å². The molecular weight excluding hydrogens is 280 g/mol. The van der Waals surface area contributed by atoms with Crippen LogP contribution in [-0.4, -0.2) is 56.8 Å². The van der Waals surface area contributed by atoms with Crippen LogP contribution < -0.4 is 10.1 Å². The lowest BCUT2D eigenvalue weighted by molar-refractivity contribution is -0.122. The van der Waals surface area contributed by atoms with Crippen molar-refractivity contribution in [3.8, 4) is 17.6 Å². The van der Waals surface area contributed by atoms with Crippen LogP contribution in [0.25, 0.3) is 0 Å². The molecule has 1 heterocycles. The summed E-state index contributed by atoms with van der Waals surface area (Å²) in [6.07, 6.45) is 0. The first kappa shape index (κ1) is 16.3. The lowest BCUT2D eigenvalue weighted by atomic mass is 10.2. The van der Waals surface area contributed by atoms with Gasteiger partial charge in [-0.1, -0.05) is 24.0 Å². The zero-order valence-corrected chi connectivity index (χ0v) is 12.9. The number of benzene rings is 1. The minimum Gasteiger partial charge on any atom is -0.484 e. The van der Waals surface area contributed by atoms with Gasteiger partial charge in [-0.15, -0.1) is 0 Å². The number of rotatable bonds is 5. The Bertz CT molecular complexity index is 542. The van der Waals surface area contributed by atoms with Gasteiger partial charge in [0.05, 0.1) is 26.3 Å². The number of morpholine rings is 1. The van der Waals surface area contributed by atoms with Crippen molar-refractivity contribution < 1.29 is 14.3 Å². The average Bonchev–Trinajstić information content (AvgIpc) is 2.54. The van der Waals surface area contributed by atoms with Gasteiger partial charge < -0.3 is 14.8 Å². The summed E-state index contributed by atoms with van der Waals surface area (Å²) in [6, 6.07) is 7.62. The predicted molar refractivity (Wildman–Crippen MR) is 84.7 cm³/mol. The van der Waals surface area contributed by atoms with Crippen molar-refractivity contribution in [1.82, 2.24) is 10.2 Å². The number of amides is 1. The molecule has 0 saturated carbocycles. The van der Waals surface area contributed by atoms with E-state index in [1.54, 1.807) is 0 Å². The van der Waals surface area contributed by atoms with Gasteiger partial charge in [0, 0.05) is 13.1 Å². The molecule has 0 aromatic heterocycles. The topological polar surface area (TPSA) is 50.8 Å². The molecule has 1 amide bonds. The summed E-state index contributed by atoms with van der Waals surface area (Å²) in [5, 5.41) is 2.72. The van der Waals surface area contributed by atoms with Crippen LogP contribution in [-0.2, 0) is 9.53 Å². The highest BCUT2D eigenvalue weighted by molar-refractivity contribution is 5.77. The SMILES string of the molecule is Cc1cccc(OCC(=O)NCC#CCN2CCOCC2)c1. The molecule has 2 rings (SSSR count). The molecule has 1 saturated heterocycles. The van der Waals surface area contributed by atoms with Crippen LogP contribution in [0.3, 0.4) is 0 Å². The van der Waals surface area contributed by atoms with Crippen molar-refractivity contribution in [3.05, 3.63) is 29.8 Å². The van der Waals surface area contributed by atoms with Gasteiger partial charge in [0.2, 0.25) is 0 Å². The molecule has 1 N–H and O–H groups in total. The molecule has 5 nitrogen and oxygen atoms in total. The summed E-state index contributed by atoms with van der Waals surface area (Å²) in [6.45, 7) is 6.45. The van der Waals surface area contributed by atoms with E-state index in [1.807, 2.05) is 31.2 Å². The molecule has 0 atom stereocenters. The van der Waals surface area contributed by atoms with Crippen molar-refractivity contribution in [2.45, 2.75) is 6.92 Å². The first-order valence-electron chi connectivity index (χ1n) is 7.46. The molecule has 1 aliphatic heterocycles. The first-order chi connectivity index (χ1) is 10.7. The first-order valence-corrected chi connectivity index (χ1v) is 7.46. The van der Waals surface area contributed by atoms with E-state index in [0.717, 1.165) is 38.4 Å². The van der Waals surface area contributed by atoms with Crippen LogP contribution in [0.5, 0.6) is 5.75 Å². The molecule has 0 bridgehead atoms. The molecule has 0 radical (unpaired) electrons. The third kappa shape index (κ3) is 6.17. The highest BCUT2D eigenvalue weighted by atomic mass is 16.5. The largest absolute Gasteiger partial charge is 0.484 e. The van der Waals surface area contributed by atoms with Crippen LogP contribution >= 0.6 is 0 Å². The Morgan fingerprint density at radius 2 is 2.18 bits per heavy atom. The molecule has 5 heteroatoms. The van der Waals surface area contributed by atoms with Crippen molar-refractivity contribution >= 4 is 5.91 Å². The molecule has 1 aliphatic rings. The molecule has 22 heavy (non-hydrogen) atoms. The third-order valence-electron chi connectivity index (χ3n) is 3.26. The third-order valence-corrected chi connectivity index (χ3v) is 3.26. The maximum absolute atomic E-state index is 11.6. The summed E-state index contributed by atoms with van der Waals surface area (Å²) >= 11 is 0. The van der Waals surface area contributed by atoms with Crippen LogP contribution in [0.15, 0.2) is 24.3 Å². The average molecular weight is 302 g/mol. The summed E-state index contributed by atoms with van der Waals surface area (Å²) in [7, 11) is 0. The molecule has 0 unspecified atom stereocenters. The highest BCUT2D eigenvalue weighted by Crippen LogP contribution is 2.11. The van der Waals surface area contributed by atoms with E-state index in [4.69, 9.17) is 9.47 Å². The van der Waals surface area contributed by atoms with Crippen molar-refractivity contribution in [2.24, 2.45) is 0 Å². The van der Waals surface area contributed by atoms with Crippen molar-refractivity contribution in [2.75, 3.05) is 46.0 Å². The highest BCUT2D eigenvalue weighted by Gasteiger charge is 2.07. The fourth-order valence-corrected chi connectivity index (χ4v) is 2.04. The lowest BCUT2D eigenvalue weighted by Crippen LogP contribution is -2.36. The van der Waals surface area contributed by atoms with Crippen molar-refractivity contribution in [1.29, 1.82) is 0 Å². The zero-order valence-electron chi connectivity index (χ0n) is 12.9. The Morgan fingerprint density at radius 3 is 2.95 bits per heavy atom. The number of nitrogens with zero attached hydrogens (tertiary/aromatic N) is 1. The van der Waals surface area contributed by atoms with Gasteiger partial charge in [0.25, 0.3) is 5.91 Å². The number of ether oxygens (including phenoxy) is 2. The summed E-state index contributed by atoms with van der Waals surface area (Å²) in [5.74, 6) is 6.55. The number of carbonyl (C=O) groups is 1. The Morgan fingerprint density at radius 1 is 1.36 bits per heavy atom. The summed E-state index contributed by atoms with van der Waals surface area (Å²) in [4.78, 5) is 13.9. The lowest BCUT2D eigenvalue weighted by Gasteiger charge is -2.24. The van der Waals surface area contributed by atoms with Gasteiger partial charge >= 0.3 is 0 Å². The van der Waals surface area contributed by atoms with E-state index in [0.29, 0.717) is 12.3 Å². The van der Waals surface area contributed by atoms with Gasteiger partial charge in [-0.3, -0.25) is 9.69 Å². The van der Waals surface area contributed by atoms with Gasteiger partial charge in [-0.2, -0.15) is 0 Å². The quantitative estimate of drug-likeness (QED) is 0.819. The molecular formula is C17H22N2O3. The normalized spacial score (nSPS) is 14.8. The monoisotopic (exact) mass is 302 g/mol. The molecule has 1 aromatic carbocycles. The van der Waals surface area contributed by atoms with E-state index in [-0.39, 0.29) is 12.5 Å². The molecule has 1 fully saturated rings. The minimum absolute atomic E-state index is 0.00853. The van der Waals surface area contributed by atoms with Crippen LogP contribution in [0.2, 0.25) is 0 Å². The van der Waals surface area contributed by atoms with E-state index < -0.39 is 0 Å². The standard InChI is InChI=1S/C17H22N2O3/c1-15-5-4-6-16(13-15)22-14-17(20)18-7-2-3-8-19-9-11-21-12-10-19/h4-6,13H,7-12,14H2,1H3,(H,18,20). The summed E-state index contributed by atoms with van der Waals surface area (Å²) < 4.78 is 10.7. The van der Waals surface area contributed by atoms with Crippen LogP contribution in [0, 0.1) is 18.8 Å². The van der Waals surface area contributed by atoms with Crippen LogP contribution in [0.1, 0.15) is 5.56 Å². The second-order valence-electron chi connectivity index (χ2n) is 5.12. The smallest absolute Gasteiger partial charge is 0.258 e. The Labute approximate surface area is 131 Å². The van der Waals surface area contributed by atoms with E-state index in [9.17, 15) is 4.79 Å². The van der Waals surface area contributed by atoms with E-state index in [2.05, 4.69) is 22.1 Å². The van der Waals surface area contributed by atoms with E-state index >= 15 is 0 Å². The van der Waals surface area contributed by atoms with E-state index in [1.165, 1.54) is 0 Å². The van der Waals surface area contributed by atoms with Gasteiger partial charge in [-0.25, -0.2) is 0 Å².